The van der Waals surface area contributed by atoms with E-state index >= 15 is 0 Å². The van der Waals surface area contributed by atoms with Crippen LogP contribution in [0.5, 0.6) is 34.8 Å². The fourth-order valence-electron chi connectivity index (χ4n) is 2.73. The lowest BCUT2D eigenvalue weighted by Crippen LogP contribution is -1.95. The molecule has 0 aliphatic carbocycles. The lowest BCUT2D eigenvalue weighted by atomic mass is 10.2. The zero-order chi connectivity index (χ0) is 20.1. The van der Waals surface area contributed by atoms with Gasteiger partial charge in [0.25, 0.3) is 0 Å². The van der Waals surface area contributed by atoms with Gasteiger partial charge in [0.15, 0.2) is 0 Å². The van der Waals surface area contributed by atoms with Crippen molar-refractivity contribution in [2.45, 2.75) is 13.8 Å². The molecule has 5 heteroatoms. The Hall–Kier alpha value is -3.86. The van der Waals surface area contributed by atoms with Gasteiger partial charge in [-0.05, 0) is 38.1 Å². The molecule has 0 fully saturated rings. The summed E-state index contributed by atoms with van der Waals surface area (Å²) in [4.78, 5) is 8.60. The van der Waals surface area contributed by atoms with Gasteiger partial charge in [0.2, 0.25) is 11.8 Å². The molecular weight excluding hydrogens is 364 g/mol. The summed E-state index contributed by atoms with van der Waals surface area (Å²) in [6, 6.07) is 22.6. The zero-order valence-electron chi connectivity index (χ0n) is 16.2. The summed E-state index contributed by atoms with van der Waals surface area (Å²) in [5, 5.41) is 0. The molecule has 0 radical (unpaired) electrons. The Balaban J connectivity index is 1.68. The smallest absolute Gasteiger partial charge is 0.222 e. The molecule has 0 saturated carbocycles. The van der Waals surface area contributed by atoms with E-state index in [0.717, 1.165) is 16.9 Å². The van der Waals surface area contributed by atoms with Crippen LogP contribution in [0.2, 0.25) is 0 Å². The molecule has 0 unspecified atom stereocenters. The van der Waals surface area contributed by atoms with Crippen LogP contribution in [0.15, 0.2) is 85.2 Å². The van der Waals surface area contributed by atoms with Crippen LogP contribution in [0.1, 0.15) is 11.1 Å². The van der Waals surface area contributed by atoms with Gasteiger partial charge in [-0.15, -0.1) is 0 Å². The van der Waals surface area contributed by atoms with Crippen molar-refractivity contribution in [3.05, 3.63) is 96.3 Å². The van der Waals surface area contributed by atoms with Gasteiger partial charge in [-0.3, -0.25) is 0 Å². The van der Waals surface area contributed by atoms with Crippen LogP contribution in [0, 0.1) is 13.8 Å². The molecule has 0 atom stereocenters. The number of aromatic nitrogens is 2. The summed E-state index contributed by atoms with van der Waals surface area (Å²) in [6.45, 7) is 3.89. The second-order valence-corrected chi connectivity index (χ2v) is 6.51. The van der Waals surface area contributed by atoms with Gasteiger partial charge < -0.3 is 14.2 Å². The van der Waals surface area contributed by atoms with E-state index in [-0.39, 0.29) is 0 Å². The number of benzene rings is 2. The Morgan fingerprint density at radius 2 is 1.00 bits per heavy atom. The first kappa shape index (κ1) is 18.5. The minimum Gasteiger partial charge on any atom is -0.457 e. The van der Waals surface area contributed by atoms with Crippen molar-refractivity contribution in [2.75, 3.05) is 0 Å². The summed E-state index contributed by atoms with van der Waals surface area (Å²) in [5.74, 6) is 3.49. The normalized spacial score (nSPS) is 10.4. The molecule has 2 heterocycles. The Labute approximate surface area is 169 Å². The molecule has 4 rings (SSSR count). The van der Waals surface area contributed by atoms with Crippen LogP contribution in [-0.4, -0.2) is 9.97 Å². The van der Waals surface area contributed by atoms with Gasteiger partial charge in [0.05, 0.1) is 0 Å². The standard InChI is InChI=1S/C24H20N2O3/c1-17-8-6-12-25-23(17)28-21-14-20(27-19-10-4-3-5-11-19)15-22(16-21)29-24-18(2)9-7-13-26-24/h3-16H,1-2H3. The molecule has 2 aromatic heterocycles. The van der Waals surface area contributed by atoms with Crippen LogP contribution in [0.25, 0.3) is 0 Å². The summed E-state index contributed by atoms with van der Waals surface area (Å²) < 4.78 is 18.0. The molecule has 29 heavy (non-hydrogen) atoms. The summed E-state index contributed by atoms with van der Waals surface area (Å²) in [7, 11) is 0. The maximum absolute atomic E-state index is 6.00. The lowest BCUT2D eigenvalue weighted by Gasteiger charge is -2.13. The van der Waals surface area contributed by atoms with Crippen molar-refractivity contribution in [3.8, 4) is 34.8 Å². The Morgan fingerprint density at radius 3 is 1.48 bits per heavy atom. The Kier molecular flexibility index (Phi) is 5.38. The SMILES string of the molecule is Cc1cccnc1Oc1cc(Oc2ccccc2)cc(Oc2ncccc2C)c1. The van der Waals surface area contributed by atoms with Crippen LogP contribution in [0.4, 0.5) is 0 Å². The highest BCUT2D eigenvalue weighted by Gasteiger charge is 2.10. The first-order valence-electron chi connectivity index (χ1n) is 9.24. The van der Waals surface area contributed by atoms with Gasteiger partial charge >= 0.3 is 0 Å². The maximum Gasteiger partial charge on any atom is 0.222 e. The fraction of sp³-hybridized carbons (Fsp3) is 0.0833. The van der Waals surface area contributed by atoms with E-state index in [1.807, 2.05) is 68.4 Å². The predicted molar refractivity (Wildman–Crippen MR) is 111 cm³/mol. The quantitative estimate of drug-likeness (QED) is 0.381. The van der Waals surface area contributed by atoms with E-state index < -0.39 is 0 Å². The molecule has 0 amide bonds. The van der Waals surface area contributed by atoms with Crippen molar-refractivity contribution in [2.24, 2.45) is 0 Å². The molecule has 0 N–H and O–H groups in total. The second-order valence-electron chi connectivity index (χ2n) is 6.51. The van der Waals surface area contributed by atoms with E-state index in [4.69, 9.17) is 14.2 Å². The number of hydrogen-bond donors (Lipinski definition) is 0. The number of para-hydroxylation sites is 1. The molecule has 0 saturated heterocycles. The monoisotopic (exact) mass is 384 g/mol. The van der Waals surface area contributed by atoms with Crippen molar-refractivity contribution < 1.29 is 14.2 Å². The van der Waals surface area contributed by atoms with Crippen LogP contribution >= 0.6 is 0 Å². The van der Waals surface area contributed by atoms with E-state index in [0.29, 0.717) is 29.0 Å². The van der Waals surface area contributed by atoms with Crippen molar-refractivity contribution >= 4 is 0 Å². The predicted octanol–water partition coefficient (Wildman–Crippen LogP) is 6.47. The Bertz CT molecular complexity index is 1050. The minimum absolute atomic E-state index is 0.532. The number of nitrogens with zero attached hydrogens (tertiary/aromatic N) is 2. The van der Waals surface area contributed by atoms with Crippen LogP contribution in [-0.2, 0) is 0 Å². The maximum atomic E-state index is 6.00. The van der Waals surface area contributed by atoms with Crippen molar-refractivity contribution in [3.63, 3.8) is 0 Å². The summed E-state index contributed by atoms with van der Waals surface area (Å²) in [5.41, 5.74) is 1.87. The highest BCUT2D eigenvalue weighted by Crippen LogP contribution is 2.35. The third-order valence-corrected chi connectivity index (χ3v) is 4.18. The van der Waals surface area contributed by atoms with E-state index in [9.17, 15) is 0 Å². The second kappa shape index (κ2) is 8.44. The first-order valence-corrected chi connectivity index (χ1v) is 9.24. The summed E-state index contributed by atoms with van der Waals surface area (Å²) in [6.07, 6.45) is 3.39. The third-order valence-electron chi connectivity index (χ3n) is 4.18. The molecule has 0 aliphatic rings. The number of hydrogen-bond acceptors (Lipinski definition) is 5. The van der Waals surface area contributed by atoms with Gasteiger partial charge in [-0.2, -0.15) is 0 Å². The zero-order valence-corrected chi connectivity index (χ0v) is 16.2. The van der Waals surface area contributed by atoms with Gasteiger partial charge in [0.1, 0.15) is 23.0 Å². The lowest BCUT2D eigenvalue weighted by molar-refractivity contribution is 0.424. The average Bonchev–Trinajstić information content (AvgIpc) is 2.72. The first-order chi connectivity index (χ1) is 14.2. The topological polar surface area (TPSA) is 53.5 Å². The molecule has 0 bridgehead atoms. The highest BCUT2D eigenvalue weighted by molar-refractivity contribution is 5.47. The van der Waals surface area contributed by atoms with E-state index in [2.05, 4.69) is 9.97 Å². The molecular formula is C24H20N2O3. The largest absolute Gasteiger partial charge is 0.457 e. The molecule has 2 aromatic carbocycles. The van der Waals surface area contributed by atoms with Crippen molar-refractivity contribution in [1.82, 2.24) is 9.97 Å². The Morgan fingerprint density at radius 1 is 0.517 bits per heavy atom. The minimum atomic E-state index is 0.532. The number of rotatable bonds is 6. The molecule has 0 spiro atoms. The van der Waals surface area contributed by atoms with Gasteiger partial charge in [-0.1, -0.05) is 30.3 Å². The fourth-order valence-corrected chi connectivity index (χ4v) is 2.73. The summed E-state index contributed by atoms with van der Waals surface area (Å²) >= 11 is 0. The highest BCUT2D eigenvalue weighted by atomic mass is 16.5. The van der Waals surface area contributed by atoms with Crippen LogP contribution < -0.4 is 14.2 Å². The number of ether oxygens (including phenoxy) is 3. The van der Waals surface area contributed by atoms with Gasteiger partial charge in [-0.25, -0.2) is 9.97 Å². The molecule has 5 nitrogen and oxygen atoms in total. The molecule has 144 valence electrons. The molecule has 0 aliphatic heterocycles. The van der Waals surface area contributed by atoms with E-state index in [1.165, 1.54) is 0 Å². The number of pyridine rings is 2. The molecule has 4 aromatic rings. The number of aryl methyl sites for hydroxylation is 2. The van der Waals surface area contributed by atoms with Gasteiger partial charge in [0, 0.05) is 41.7 Å². The van der Waals surface area contributed by atoms with Crippen molar-refractivity contribution in [1.29, 1.82) is 0 Å². The average molecular weight is 384 g/mol. The van der Waals surface area contributed by atoms with E-state index in [1.54, 1.807) is 30.6 Å². The van der Waals surface area contributed by atoms with Crippen LogP contribution in [0.3, 0.4) is 0 Å². The third kappa shape index (κ3) is 4.71.